The van der Waals surface area contributed by atoms with E-state index in [1.54, 1.807) is 0 Å². The van der Waals surface area contributed by atoms with Crippen LogP contribution in [0.25, 0.3) is 87.8 Å². The summed E-state index contributed by atoms with van der Waals surface area (Å²) >= 11 is 0. The first kappa shape index (κ1) is 31.6. The molecule has 0 bridgehead atoms. The Morgan fingerprint density at radius 3 is 1.98 bits per heavy atom. The molecule has 0 N–H and O–H groups in total. The second kappa shape index (κ2) is 12.4. The molecule has 0 radical (unpaired) electrons. The lowest BCUT2D eigenvalue weighted by molar-refractivity contribution is 0.666. The van der Waals surface area contributed by atoms with Gasteiger partial charge in [0.15, 0.2) is 5.58 Å². The van der Waals surface area contributed by atoms with Crippen LogP contribution in [0.3, 0.4) is 0 Å². The quantitative estimate of drug-likeness (QED) is 0.177. The molecule has 3 aromatic heterocycles. The summed E-state index contributed by atoms with van der Waals surface area (Å²) in [6, 6.07) is 62.9. The zero-order valence-electron chi connectivity index (χ0n) is 30.5. The van der Waals surface area contributed by atoms with Crippen molar-refractivity contribution in [2.45, 2.75) is 6.17 Å². The maximum absolute atomic E-state index is 6.84. The van der Waals surface area contributed by atoms with Gasteiger partial charge in [0.1, 0.15) is 16.7 Å². The van der Waals surface area contributed by atoms with E-state index in [-0.39, 0.29) is 0 Å². The predicted molar refractivity (Wildman–Crippen MR) is 233 cm³/mol. The van der Waals surface area contributed by atoms with Crippen LogP contribution in [0, 0.1) is 0 Å². The van der Waals surface area contributed by atoms with Gasteiger partial charge < -0.3 is 23.7 Å². The van der Waals surface area contributed by atoms with Crippen molar-refractivity contribution in [2.75, 3.05) is 0 Å². The number of nitrogens with zero attached hydrogens (tertiary/aromatic N) is 4. The molecule has 0 fully saturated rings. The van der Waals surface area contributed by atoms with E-state index in [9.17, 15) is 0 Å². The van der Waals surface area contributed by atoms with Crippen LogP contribution < -0.4 is 0 Å². The van der Waals surface area contributed by atoms with E-state index >= 15 is 0 Å². The van der Waals surface area contributed by atoms with Crippen LogP contribution in [0.1, 0.15) is 22.9 Å². The van der Waals surface area contributed by atoms with Gasteiger partial charge in [-0.25, -0.2) is 0 Å². The molecule has 8 aromatic carbocycles. The minimum Gasteiger partial charge on any atom is -0.456 e. The lowest BCUT2D eigenvalue weighted by Gasteiger charge is -2.32. The number of benzene rings is 8. The van der Waals surface area contributed by atoms with Gasteiger partial charge in [-0.15, -0.1) is 0 Å². The predicted octanol–water partition coefficient (Wildman–Crippen LogP) is 13.5. The van der Waals surface area contributed by atoms with E-state index in [1.807, 2.05) is 42.5 Å². The van der Waals surface area contributed by atoms with Gasteiger partial charge in [0.05, 0.1) is 28.7 Å². The molecule has 0 saturated heterocycles. The number of para-hydroxylation sites is 4. The fraction of sp³-hybridized carbons (Fsp3) is 0.0196. The lowest BCUT2D eigenvalue weighted by atomic mass is 10.0. The molecule has 11 aromatic rings. The Morgan fingerprint density at radius 1 is 0.474 bits per heavy atom. The summed E-state index contributed by atoms with van der Waals surface area (Å²) in [4.78, 5) is 10.6. The van der Waals surface area contributed by atoms with E-state index in [0.29, 0.717) is 11.7 Å². The minimum atomic E-state index is -0.538. The topological polar surface area (TPSA) is 70.0 Å². The van der Waals surface area contributed by atoms with E-state index in [1.165, 1.54) is 10.8 Å². The summed E-state index contributed by atoms with van der Waals surface area (Å²) in [5, 5.41) is 11.7. The molecule has 1 atom stereocenters. The molecular formula is C51H31N4O2-. The third kappa shape index (κ3) is 4.97. The largest absolute Gasteiger partial charge is 0.456 e. The van der Waals surface area contributed by atoms with Gasteiger partial charge in [-0.2, -0.15) is 0 Å². The number of rotatable bonds is 5. The highest BCUT2D eigenvalue weighted by molar-refractivity contribution is 6.25. The molecule has 12 rings (SSSR count). The summed E-state index contributed by atoms with van der Waals surface area (Å²) in [5.74, 6) is 1.18. The highest BCUT2D eigenvalue weighted by Crippen LogP contribution is 2.41. The van der Waals surface area contributed by atoms with Crippen molar-refractivity contribution in [1.82, 2.24) is 4.57 Å². The van der Waals surface area contributed by atoms with E-state index in [2.05, 4.69) is 144 Å². The van der Waals surface area contributed by atoms with Crippen LogP contribution in [0.5, 0.6) is 0 Å². The maximum Gasteiger partial charge on any atom is 0.159 e. The molecule has 6 heteroatoms. The number of amidine groups is 2. The van der Waals surface area contributed by atoms with Crippen molar-refractivity contribution in [3.63, 3.8) is 0 Å². The molecule has 1 unspecified atom stereocenters. The van der Waals surface area contributed by atoms with Gasteiger partial charge in [0.25, 0.3) is 0 Å². The average molecular weight is 732 g/mol. The average Bonchev–Trinajstić information content (AvgIpc) is 3.96. The van der Waals surface area contributed by atoms with E-state index in [0.717, 1.165) is 88.4 Å². The van der Waals surface area contributed by atoms with Crippen molar-refractivity contribution in [3.05, 3.63) is 204 Å². The highest BCUT2D eigenvalue weighted by atomic mass is 16.3. The van der Waals surface area contributed by atoms with Crippen LogP contribution in [-0.4, -0.2) is 16.2 Å². The zero-order chi connectivity index (χ0) is 37.5. The van der Waals surface area contributed by atoms with Gasteiger partial charge >= 0.3 is 0 Å². The second-order valence-corrected chi connectivity index (χ2v) is 14.5. The summed E-state index contributed by atoms with van der Waals surface area (Å²) in [5.41, 5.74) is 11.4. The number of hydrogen-bond acceptors (Lipinski definition) is 4. The van der Waals surface area contributed by atoms with Crippen molar-refractivity contribution in [3.8, 4) is 16.8 Å². The van der Waals surface area contributed by atoms with Crippen LogP contribution >= 0.6 is 0 Å². The zero-order valence-corrected chi connectivity index (χ0v) is 30.5. The minimum absolute atomic E-state index is 0.538. The van der Waals surface area contributed by atoms with E-state index in [4.69, 9.17) is 24.1 Å². The Labute approximate surface area is 326 Å². The number of aliphatic imine (C=N–C) groups is 2. The van der Waals surface area contributed by atoms with Crippen LogP contribution in [0.2, 0.25) is 0 Å². The van der Waals surface area contributed by atoms with Gasteiger partial charge in [-0.1, -0.05) is 139 Å². The smallest absolute Gasteiger partial charge is 0.159 e. The Kier molecular flexibility index (Phi) is 6.89. The van der Waals surface area contributed by atoms with Crippen molar-refractivity contribution in [1.29, 1.82) is 0 Å². The van der Waals surface area contributed by atoms with Gasteiger partial charge in [0, 0.05) is 37.9 Å². The first-order valence-electron chi connectivity index (χ1n) is 19.1. The molecule has 0 amide bonds. The number of fused-ring (bicyclic) bond motifs is 9. The molecule has 1 aliphatic heterocycles. The van der Waals surface area contributed by atoms with Crippen LogP contribution in [0.15, 0.2) is 201 Å². The molecule has 1 aliphatic rings. The normalized spacial score (nSPS) is 14.5. The molecule has 268 valence electrons. The van der Waals surface area contributed by atoms with Gasteiger partial charge in [-0.05, 0) is 70.8 Å². The van der Waals surface area contributed by atoms with E-state index < -0.39 is 6.17 Å². The summed E-state index contributed by atoms with van der Waals surface area (Å²) < 4.78 is 15.5. The summed E-state index contributed by atoms with van der Waals surface area (Å²) in [7, 11) is 0. The second-order valence-electron chi connectivity index (χ2n) is 14.5. The first-order valence-corrected chi connectivity index (χ1v) is 19.1. The van der Waals surface area contributed by atoms with Crippen LogP contribution in [0.4, 0.5) is 0 Å². The molecule has 0 aliphatic carbocycles. The third-order valence-corrected chi connectivity index (χ3v) is 11.2. The summed E-state index contributed by atoms with van der Waals surface area (Å²) in [6.45, 7) is 0. The molecule has 0 spiro atoms. The molecule has 4 heterocycles. The molecule has 6 nitrogen and oxygen atoms in total. The summed E-state index contributed by atoms with van der Waals surface area (Å²) in [6.07, 6.45) is -0.538. The number of furan rings is 2. The maximum atomic E-state index is 6.84. The number of hydrogen-bond donors (Lipinski definition) is 0. The molecule has 57 heavy (non-hydrogen) atoms. The van der Waals surface area contributed by atoms with Crippen molar-refractivity contribution in [2.24, 2.45) is 9.98 Å². The Hall–Kier alpha value is -7.70. The van der Waals surface area contributed by atoms with Crippen molar-refractivity contribution >= 4 is 77.4 Å². The van der Waals surface area contributed by atoms with Gasteiger partial charge in [0.2, 0.25) is 0 Å². The van der Waals surface area contributed by atoms with Crippen molar-refractivity contribution < 1.29 is 8.83 Å². The SMILES string of the molecule is c1ccc(-c2cccc(C3N=C(c4cccc5oc6c(-n7c8ccccc8c8ccccc87)cccc6c45)N=C(c4ccc5c(c4)oc4ccccc45)[N-]3)c2)cc1. The highest BCUT2D eigenvalue weighted by Gasteiger charge is 2.22. The third-order valence-electron chi connectivity index (χ3n) is 11.2. The number of aromatic nitrogens is 1. The first-order chi connectivity index (χ1) is 28.2. The molecule has 0 saturated carbocycles. The van der Waals surface area contributed by atoms with Gasteiger partial charge in [-0.3, -0.25) is 4.99 Å². The Balaban J connectivity index is 1.06. The monoisotopic (exact) mass is 731 g/mol. The Morgan fingerprint density at radius 2 is 1.14 bits per heavy atom. The lowest BCUT2D eigenvalue weighted by Crippen LogP contribution is -2.16. The standard InChI is InChI=1S/C51H31N4O2/c1-2-13-31(14-3-1)32-15-10-16-33(29-32)49-52-50(34-27-28-38-37-19-6-9-25-44(37)56-46(38)30-34)54-51(53-49)40-21-12-26-45-47(40)39-20-11-24-43(48(39)57-45)55-41-22-7-4-17-35(41)36-18-5-8-23-42(36)55/h1-30,49H/q-1. The fourth-order valence-corrected chi connectivity index (χ4v) is 8.59. The van der Waals surface area contributed by atoms with Crippen LogP contribution in [-0.2, 0) is 0 Å². The Bertz CT molecular complexity index is 3400. The molecular weight excluding hydrogens is 701 g/mol. The fourth-order valence-electron chi connectivity index (χ4n) is 8.59.